The van der Waals surface area contributed by atoms with Gasteiger partial charge in [-0.05, 0) is 24.3 Å². The molecule has 0 aliphatic carbocycles. The lowest BCUT2D eigenvalue weighted by Gasteiger charge is -2.25. The Kier molecular flexibility index (Phi) is 7.39. The number of amides is 1. The highest BCUT2D eigenvalue weighted by atomic mass is 79.9. The molecule has 1 amide bonds. The van der Waals surface area contributed by atoms with Crippen LogP contribution in [0.5, 0.6) is 0 Å². The van der Waals surface area contributed by atoms with Gasteiger partial charge in [0.25, 0.3) is 5.91 Å². The van der Waals surface area contributed by atoms with Crippen molar-refractivity contribution in [3.05, 3.63) is 34.3 Å². The highest BCUT2D eigenvalue weighted by Gasteiger charge is 2.22. The highest BCUT2D eigenvalue weighted by molar-refractivity contribution is 9.10. The number of rotatable bonds is 7. The van der Waals surface area contributed by atoms with E-state index < -0.39 is 0 Å². The summed E-state index contributed by atoms with van der Waals surface area (Å²) in [6.45, 7) is 2.87. The summed E-state index contributed by atoms with van der Waals surface area (Å²) in [6.07, 6.45) is 0. The minimum atomic E-state index is -0.383. The molecule has 0 bridgehead atoms. The molecule has 0 aliphatic heterocycles. The van der Waals surface area contributed by atoms with Crippen LogP contribution in [-0.2, 0) is 14.3 Å². The predicted octanol–water partition coefficient (Wildman–Crippen LogP) is 2.35. The van der Waals surface area contributed by atoms with Crippen LogP contribution in [0, 0.1) is 5.92 Å². The van der Waals surface area contributed by atoms with E-state index in [4.69, 9.17) is 9.47 Å². The van der Waals surface area contributed by atoms with Crippen LogP contribution in [0.1, 0.15) is 17.3 Å². The number of nitrogens with zero attached hydrogens (tertiary/aromatic N) is 1. The number of hydrogen-bond donors (Lipinski definition) is 0. The van der Waals surface area contributed by atoms with Crippen molar-refractivity contribution in [2.24, 2.45) is 5.92 Å². The average Bonchev–Trinajstić information content (AvgIpc) is 2.50. The molecule has 1 atom stereocenters. The molecule has 0 radical (unpaired) electrons. The minimum absolute atomic E-state index is 0.129. The van der Waals surface area contributed by atoms with Crippen molar-refractivity contribution in [3.63, 3.8) is 0 Å². The van der Waals surface area contributed by atoms with Crippen LogP contribution >= 0.6 is 15.9 Å². The van der Waals surface area contributed by atoms with E-state index in [0.29, 0.717) is 25.3 Å². The molecule has 6 heteroatoms. The van der Waals surface area contributed by atoms with Gasteiger partial charge in [0.05, 0.1) is 19.6 Å². The number of carbonyl (C=O) groups excluding carboxylic acids is 2. The van der Waals surface area contributed by atoms with E-state index in [1.165, 1.54) is 7.11 Å². The first-order valence-electron chi connectivity index (χ1n) is 6.61. The van der Waals surface area contributed by atoms with Crippen LogP contribution in [-0.4, -0.2) is 50.7 Å². The normalized spacial score (nSPS) is 11.8. The Morgan fingerprint density at radius 2 is 1.86 bits per heavy atom. The molecule has 0 fully saturated rings. The van der Waals surface area contributed by atoms with E-state index in [0.717, 1.165) is 4.47 Å². The molecule has 0 saturated carbocycles. The van der Waals surface area contributed by atoms with Crippen molar-refractivity contribution in [3.8, 4) is 0 Å². The third-order valence-corrected chi connectivity index (χ3v) is 3.57. The Morgan fingerprint density at radius 1 is 1.24 bits per heavy atom. The molecule has 0 spiro atoms. The number of esters is 1. The van der Waals surface area contributed by atoms with Crippen LogP contribution in [0.2, 0.25) is 0 Å². The van der Waals surface area contributed by atoms with Crippen LogP contribution in [0.15, 0.2) is 28.7 Å². The maximum atomic E-state index is 12.5. The van der Waals surface area contributed by atoms with E-state index >= 15 is 0 Å². The van der Waals surface area contributed by atoms with Crippen molar-refractivity contribution in [1.29, 1.82) is 0 Å². The summed E-state index contributed by atoms with van der Waals surface area (Å²) < 4.78 is 10.6. The maximum absolute atomic E-state index is 12.5. The van der Waals surface area contributed by atoms with Crippen molar-refractivity contribution in [1.82, 2.24) is 4.90 Å². The maximum Gasteiger partial charge on any atom is 0.310 e. The van der Waals surface area contributed by atoms with E-state index in [2.05, 4.69) is 15.9 Å². The Labute approximate surface area is 133 Å². The Hall–Kier alpha value is -1.40. The summed E-state index contributed by atoms with van der Waals surface area (Å²) in [5.74, 6) is -0.845. The van der Waals surface area contributed by atoms with Gasteiger partial charge < -0.3 is 14.4 Å². The van der Waals surface area contributed by atoms with Gasteiger partial charge in [0.15, 0.2) is 0 Å². The Morgan fingerprint density at radius 3 is 2.38 bits per heavy atom. The molecular weight excluding hydrogens is 338 g/mol. The predicted molar refractivity (Wildman–Crippen MR) is 83.1 cm³/mol. The number of benzene rings is 1. The second-order valence-electron chi connectivity index (χ2n) is 4.68. The molecule has 0 saturated heterocycles. The van der Waals surface area contributed by atoms with Gasteiger partial charge in [-0.1, -0.05) is 22.9 Å². The van der Waals surface area contributed by atoms with Gasteiger partial charge in [0.1, 0.15) is 0 Å². The number of ether oxygens (including phenoxy) is 2. The highest BCUT2D eigenvalue weighted by Crippen LogP contribution is 2.13. The molecule has 1 aromatic rings. The third kappa shape index (κ3) is 5.47. The third-order valence-electron chi connectivity index (χ3n) is 3.04. The van der Waals surface area contributed by atoms with Crippen molar-refractivity contribution >= 4 is 27.8 Å². The van der Waals surface area contributed by atoms with Gasteiger partial charge in [-0.15, -0.1) is 0 Å². The van der Waals surface area contributed by atoms with Gasteiger partial charge in [0, 0.05) is 30.2 Å². The van der Waals surface area contributed by atoms with Gasteiger partial charge in [0.2, 0.25) is 0 Å². The summed E-state index contributed by atoms with van der Waals surface area (Å²) in [5, 5.41) is 0. The molecule has 0 heterocycles. The number of carbonyl (C=O) groups is 2. The summed E-state index contributed by atoms with van der Waals surface area (Å²) in [7, 11) is 2.92. The molecule has 0 aliphatic rings. The summed E-state index contributed by atoms with van der Waals surface area (Å²) in [6, 6.07) is 7.11. The lowest BCUT2D eigenvalue weighted by molar-refractivity contribution is -0.145. The number of methoxy groups -OCH3 is 2. The summed E-state index contributed by atoms with van der Waals surface area (Å²) >= 11 is 3.34. The summed E-state index contributed by atoms with van der Waals surface area (Å²) in [5.41, 5.74) is 0.575. The van der Waals surface area contributed by atoms with E-state index in [-0.39, 0.29) is 17.8 Å². The van der Waals surface area contributed by atoms with Crippen molar-refractivity contribution < 1.29 is 19.1 Å². The lowest BCUT2D eigenvalue weighted by atomic mass is 10.1. The molecule has 0 aromatic heterocycles. The monoisotopic (exact) mass is 357 g/mol. The minimum Gasteiger partial charge on any atom is -0.469 e. The standard InChI is InChI=1S/C15H20BrNO4/c1-11(15(19)21-3)10-17(8-9-20-2)14(18)12-4-6-13(16)7-5-12/h4-7,11H,8-10H2,1-3H3. The molecular formula is C15H20BrNO4. The SMILES string of the molecule is COCCN(CC(C)C(=O)OC)C(=O)c1ccc(Br)cc1. The zero-order valence-electron chi connectivity index (χ0n) is 12.5. The topological polar surface area (TPSA) is 55.8 Å². The Bertz CT molecular complexity index is 475. The Balaban J connectivity index is 2.82. The zero-order chi connectivity index (χ0) is 15.8. The van der Waals surface area contributed by atoms with Gasteiger partial charge >= 0.3 is 5.97 Å². The quantitative estimate of drug-likeness (QED) is 0.702. The first-order chi connectivity index (χ1) is 9.99. The first-order valence-corrected chi connectivity index (χ1v) is 7.40. The number of halogens is 1. The fourth-order valence-corrected chi connectivity index (χ4v) is 2.12. The molecule has 1 rings (SSSR count). The smallest absolute Gasteiger partial charge is 0.310 e. The van der Waals surface area contributed by atoms with Gasteiger partial charge in [-0.3, -0.25) is 9.59 Å². The molecule has 1 aromatic carbocycles. The molecule has 0 N–H and O–H groups in total. The first kappa shape index (κ1) is 17.7. The lowest BCUT2D eigenvalue weighted by Crippen LogP contribution is -2.39. The van der Waals surface area contributed by atoms with E-state index in [9.17, 15) is 9.59 Å². The number of hydrogen-bond acceptors (Lipinski definition) is 4. The van der Waals surface area contributed by atoms with Gasteiger partial charge in [-0.25, -0.2) is 0 Å². The van der Waals surface area contributed by atoms with E-state index in [1.54, 1.807) is 31.1 Å². The second kappa shape index (κ2) is 8.79. The van der Waals surface area contributed by atoms with Crippen LogP contribution in [0.25, 0.3) is 0 Å². The summed E-state index contributed by atoms with van der Waals surface area (Å²) in [4.78, 5) is 25.6. The van der Waals surface area contributed by atoms with Crippen LogP contribution in [0.3, 0.4) is 0 Å². The molecule has 116 valence electrons. The van der Waals surface area contributed by atoms with Gasteiger partial charge in [-0.2, -0.15) is 0 Å². The van der Waals surface area contributed by atoms with E-state index in [1.807, 2.05) is 12.1 Å². The van der Waals surface area contributed by atoms with Crippen molar-refractivity contribution in [2.75, 3.05) is 33.9 Å². The van der Waals surface area contributed by atoms with Crippen LogP contribution in [0.4, 0.5) is 0 Å². The fraction of sp³-hybridized carbons (Fsp3) is 0.467. The second-order valence-corrected chi connectivity index (χ2v) is 5.59. The largest absolute Gasteiger partial charge is 0.469 e. The van der Waals surface area contributed by atoms with Crippen LogP contribution < -0.4 is 0 Å². The molecule has 1 unspecified atom stereocenters. The van der Waals surface area contributed by atoms with Crippen molar-refractivity contribution in [2.45, 2.75) is 6.92 Å². The molecule has 5 nitrogen and oxygen atoms in total. The fourth-order valence-electron chi connectivity index (χ4n) is 1.86. The average molecular weight is 358 g/mol. The molecule has 21 heavy (non-hydrogen) atoms. The zero-order valence-corrected chi connectivity index (χ0v) is 14.1.